The summed E-state index contributed by atoms with van der Waals surface area (Å²) in [5.74, 6) is 0.552. The van der Waals surface area contributed by atoms with Gasteiger partial charge in [0.1, 0.15) is 0 Å². The number of amides is 2. The number of nitrogens with one attached hydrogen (secondary N) is 1. The molecule has 1 heterocycles. The zero-order valence-corrected chi connectivity index (χ0v) is 12.7. The zero-order valence-electron chi connectivity index (χ0n) is 11.2. The van der Waals surface area contributed by atoms with Gasteiger partial charge in [-0.1, -0.05) is 30.1 Å². The average Bonchev–Trinajstić information content (AvgIpc) is 2.36. The van der Waals surface area contributed by atoms with Crippen LogP contribution < -0.4 is 5.32 Å². The molecule has 1 unspecified atom stereocenters. The predicted octanol–water partition coefficient (Wildman–Crippen LogP) is 4.57. The monoisotopic (exact) mass is 300 g/mol. The first kappa shape index (κ1) is 14.5. The standard InChI is InChI=1S/C14H18Cl2N2O/c1-9-4-3-5-18(8-9)14(19)17-13-7-11(15)10(2)6-12(13)16/h6-7,9H,3-5,8H2,1-2H3,(H,17,19). The van der Waals surface area contributed by atoms with Gasteiger partial charge in [0.2, 0.25) is 0 Å². The highest BCUT2D eigenvalue weighted by Gasteiger charge is 2.21. The van der Waals surface area contributed by atoms with Gasteiger partial charge in [0.25, 0.3) is 0 Å². The quantitative estimate of drug-likeness (QED) is 0.810. The lowest BCUT2D eigenvalue weighted by molar-refractivity contribution is 0.182. The van der Waals surface area contributed by atoms with Gasteiger partial charge in [0, 0.05) is 18.1 Å². The minimum atomic E-state index is -0.103. The van der Waals surface area contributed by atoms with Crippen LogP contribution in [0.3, 0.4) is 0 Å². The lowest BCUT2D eigenvalue weighted by atomic mass is 10.0. The summed E-state index contributed by atoms with van der Waals surface area (Å²) in [6.45, 7) is 5.64. The fourth-order valence-corrected chi connectivity index (χ4v) is 2.74. The third-order valence-electron chi connectivity index (χ3n) is 3.43. The SMILES string of the molecule is Cc1cc(Cl)c(NC(=O)N2CCCC(C)C2)cc1Cl. The van der Waals surface area contributed by atoms with Crippen molar-refractivity contribution in [2.24, 2.45) is 5.92 Å². The fourth-order valence-electron chi connectivity index (χ4n) is 2.31. The van der Waals surface area contributed by atoms with Crippen molar-refractivity contribution in [1.82, 2.24) is 4.90 Å². The summed E-state index contributed by atoms with van der Waals surface area (Å²) in [5, 5.41) is 3.96. The molecule has 0 radical (unpaired) electrons. The molecule has 1 aliphatic rings. The van der Waals surface area contributed by atoms with Gasteiger partial charge in [-0.05, 0) is 43.4 Å². The molecule has 1 aromatic carbocycles. The van der Waals surface area contributed by atoms with Crippen molar-refractivity contribution >= 4 is 34.9 Å². The molecule has 0 spiro atoms. The third kappa shape index (κ3) is 3.54. The Bertz CT molecular complexity index is 491. The summed E-state index contributed by atoms with van der Waals surface area (Å²) >= 11 is 12.2. The van der Waals surface area contributed by atoms with Crippen molar-refractivity contribution in [3.8, 4) is 0 Å². The first-order valence-electron chi connectivity index (χ1n) is 6.49. The van der Waals surface area contributed by atoms with Crippen LogP contribution in [0.4, 0.5) is 10.5 Å². The average molecular weight is 301 g/mol. The smallest absolute Gasteiger partial charge is 0.321 e. The zero-order chi connectivity index (χ0) is 14.0. The van der Waals surface area contributed by atoms with Crippen LogP contribution >= 0.6 is 23.2 Å². The Morgan fingerprint density at radius 2 is 2.11 bits per heavy atom. The molecule has 1 N–H and O–H groups in total. The highest BCUT2D eigenvalue weighted by molar-refractivity contribution is 6.36. The van der Waals surface area contributed by atoms with E-state index < -0.39 is 0 Å². The van der Waals surface area contributed by atoms with Crippen molar-refractivity contribution < 1.29 is 4.79 Å². The number of carbonyl (C=O) groups is 1. The second-order valence-electron chi connectivity index (χ2n) is 5.20. The summed E-state index contributed by atoms with van der Waals surface area (Å²) < 4.78 is 0. The van der Waals surface area contributed by atoms with E-state index in [1.807, 2.05) is 11.8 Å². The van der Waals surface area contributed by atoms with Gasteiger partial charge in [-0.3, -0.25) is 0 Å². The van der Waals surface area contributed by atoms with E-state index in [9.17, 15) is 4.79 Å². The highest BCUT2D eigenvalue weighted by Crippen LogP contribution is 2.29. The Labute approximate surface area is 123 Å². The molecular weight excluding hydrogens is 283 g/mol. The number of piperidine rings is 1. The summed E-state index contributed by atoms with van der Waals surface area (Å²) in [5.41, 5.74) is 1.47. The number of carbonyl (C=O) groups excluding carboxylic acids is 1. The van der Waals surface area contributed by atoms with Gasteiger partial charge < -0.3 is 10.2 Å². The number of rotatable bonds is 1. The molecule has 0 bridgehead atoms. The minimum absolute atomic E-state index is 0.103. The Balaban J connectivity index is 2.08. The van der Waals surface area contributed by atoms with Crippen LogP contribution in [0.25, 0.3) is 0 Å². The van der Waals surface area contributed by atoms with Crippen molar-refractivity contribution in [3.63, 3.8) is 0 Å². The number of anilines is 1. The maximum Gasteiger partial charge on any atom is 0.321 e. The summed E-state index contributed by atoms with van der Waals surface area (Å²) in [6, 6.07) is 3.36. The second kappa shape index (κ2) is 6.02. The maximum absolute atomic E-state index is 12.2. The van der Waals surface area contributed by atoms with E-state index in [1.165, 1.54) is 6.42 Å². The molecule has 104 valence electrons. The van der Waals surface area contributed by atoms with Gasteiger partial charge in [-0.15, -0.1) is 0 Å². The number of halogens is 2. The van der Waals surface area contributed by atoms with Crippen LogP contribution in [-0.4, -0.2) is 24.0 Å². The van der Waals surface area contributed by atoms with Crippen LogP contribution in [0.2, 0.25) is 10.0 Å². The number of urea groups is 1. The summed E-state index contributed by atoms with van der Waals surface area (Å²) in [4.78, 5) is 14.0. The van der Waals surface area contributed by atoms with Crippen LogP contribution in [0.1, 0.15) is 25.3 Å². The van der Waals surface area contributed by atoms with Gasteiger partial charge >= 0.3 is 6.03 Å². The van der Waals surface area contributed by atoms with E-state index in [1.54, 1.807) is 12.1 Å². The number of aryl methyl sites for hydroxylation is 1. The van der Waals surface area contributed by atoms with Crippen molar-refractivity contribution in [2.75, 3.05) is 18.4 Å². The molecule has 1 fully saturated rings. The van der Waals surface area contributed by atoms with E-state index in [0.29, 0.717) is 21.7 Å². The molecule has 1 aliphatic heterocycles. The molecule has 1 aromatic rings. The van der Waals surface area contributed by atoms with E-state index in [0.717, 1.165) is 25.1 Å². The van der Waals surface area contributed by atoms with Crippen molar-refractivity contribution in [2.45, 2.75) is 26.7 Å². The number of hydrogen-bond acceptors (Lipinski definition) is 1. The van der Waals surface area contributed by atoms with Crippen LogP contribution in [-0.2, 0) is 0 Å². The lowest BCUT2D eigenvalue weighted by Crippen LogP contribution is -2.41. The Morgan fingerprint density at radius 1 is 1.37 bits per heavy atom. The van der Waals surface area contributed by atoms with E-state index in [2.05, 4.69) is 12.2 Å². The molecule has 0 aliphatic carbocycles. The molecule has 0 saturated carbocycles. The van der Waals surface area contributed by atoms with Gasteiger partial charge in [0.15, 0.2) is 0 Å². The molecule has 3 nitrogen and oxygen atoms in total. The Kier molecular flexibility index (Phi) is 4.58. The van der Waals surface area contributed by atoms with Crippen LogP contribution in [0.5, 0.6) is 0 Å². The van der Waals surface area contributed by atoms with Crippen molar-refractivity contribution in [3.05, 3.63) is 27.7 Å². The molecule has 2 rings (SSSR count). The third-order valence-corrected chi connectivity index (χ3v) is 4.15. The number of nitrogens with zero attached hydrogens (tertiary/aromatic N) is 1. The van der Waals surface area contributed by atoms with Gasteiger partial charge in [-0.25, -0.2) is 4.79 Å². The Morgan fingerprint density at radius 3 is 2.79 bits per heavy atom. The molecule has 0 aromatic heterocycles. The van der Waals surface area contributed by atoms with E-state index in [-0.39, 0.29) is 6.03 Å². The maximum atomic E-state index is 12.2. The van der Waals surface area contributed by atoms with Crippen molar-refractivity contribution in [1.29, 1.82) is 0 Å². The van der Waals surface area contributed by atoms with Gasteiger partial charge in [-0.2, -0.15) is 0 Å². The number of likely N-dealkylation sites (tertiary alicyclic amines) is 1. The van der Waals surface area contributed by atoms with E-state index in [4.69, 9.17) is 23.2 Å². The highest BCUT2D eigenvalue weighted by atomic mass is 35.5. The fraction of sp³-hybridized carbons (Fsp3) is 0.500. The molecular formula is C14H18Cl2N2O. The molecule has 2 amide bonds. The van der Waals surface area contributed by atoms with Crippen LogP contribution in [0, 0.1) is 12.8 Å². The van der Waals surface area contributed by atoms with Crippen LogP contribution in [0.15, 0.2) is 12.1 Å². The van der Waals surface area contributed by atoms with E-state index >= 15 is 0 Å². The molecule has 1 saturated heterocycles. The Hall–Kier alpha value is -0.930. The summed E-state index contributed by atoms with van der Waals surface area (Å²) in [7, 11) is 0. The number of benzene rings is 1. The molecule has 5 heteroatoms. The number of hydrogen-bond donors (Lipinski definition) is 1. The summed E-state index contributed by atoms with van der Waals surface area (Å²) in [6.07, 6.45) is 2.23. The second-order valence-corrected chi connectivity index (χ2v) is 6.02. The normalized spacial score (nSPS) is 19.4. The lowest BCUT2D eigenvalue weighted by Gasteiger charge is -2.31. The first-order valence-corrected chi connectivity index (χ1v) is 7.24. The first-order chi connectivity index (χ1) is 8.97. The predicted molar refractivity (Wildman–Crippen MR) is 80.2 cm³/mol. The van der Waals surface area contributed by atoms with Gasteiger partial charge in [0.05, 0.1) is 10.7 Å². The largest absolute Gasteiger partial charge is 0.324 e. The topological polar surface area (TPSA) is 32.3 Å². The molecule has 19 heavy (non-hydrogen) atoms. The molecule has 1 atom stereocenters. The minimum Gasteiger partial charge on any atom is -0.324 e.